The lowest BCUT2D eigenvalue weighted by Crippen LogP contribution is -2.29. The van der Waals surface area contributed by atoms with Crippen LogP contribution in [-0.2, 0) is 4.43 Å². The average molecular weight is 302 g/mol. The zero-order valence-corrected chi connectivity index (χ0v) is 14.4. The first-order valence-electron chi connectivity index (χ1n) is 7.92. The largest absolute Gasteiger partial charge is 0.530 e. The monoisotopic (exact) mass is 302 g/mol. The Labute approximate surface area is 129 Å². The van der Waals surface area contributed by atoms with E-state index in [2.05, 4.69) is 29.8 Å². The molecule has 0 N–H and O–H groups in total. The number of rotatable bonds is 3. The highest BCUT2D eigenvalue weighted by atomic mass is 28.4. The Hall–Kier alpha value is -1.42. The third kappa shape index (κ3) is 5.84. The van der Waals surface area contributed by atoms with Crippen LogP contribution in [0.1, 0.15) is 44.1 Å². The quantitative estimate of drug-likeness (QED) is 0.254. The van der Waals surface area contributed by atoms with Crippen LogP contribution in [0, 0.1) is 0 Å². The molecule has 0 bridgehead atoms. The van der Waals surface area contributed by atoms with Crippen LogP contribution in [-0.4, -0.2) is 19.9 Å². The maximum absolute atomic E-state index is 6.13. The third-order valence-corrected chi connectivity index (χ3v) is 4.19. The first kappa shape index (κ1) is 16.0. The molecule has 1 aliphatic rings. The highest BCUT2D eigenvalue weighted by Gasteiger charge is 2.20. The van der Waals surface area contributed by atoms with Gasteiger partial charge in [-0.05, 0) is 57.5 Å². The zero-order valence-electron chi connectivity index (χ0n) is 13.4. The normalized spacial score (nSPS) is 17.3. The summed E-state index contributed by atoms with van der Waals surface area (Å²) >= 11 is 0. The van der Waals surface area contributed by atoms with Gasteiger partial charge in [0.25, 0.3) is 0 Å². The third-order valence-electron chi connectivity index (χ3n) is 3.39. The van der Waals surface area contributed by atoms with Gasteiger partial charge in [0, 0.05) is 11.3 Å². The number of benzene rings is 1. The molecule has 0 aliphatic heterocycles. The molecule has 0 amide bonds. The van der Waals surface area contributed by atoms with Crippen LogP contribution in [0.5, 0.6) is 0 Å². The van der Waals surface area contributed by atoms with Gasteiger partial charge in [0.2, 0.25) is 14.2 Å². The Bertz CT molecular complexity index is 493. The van der Waals surface area contributed by atoms with E-state index in [9.17, 15) is 0 Å². The Morgan fingerprint density at radius 1 is 0.952 bits per heavy atom. The van der Waals surface area contributed by atoms with E-state index in [1.54, 1.807) is 0 Å². The lowest BCUT2D eigenvalue weighted by molar-refractivity contribution is 0.550. The van der Waals surface area contributed by atoms with Crippen LogP contribution in [0.2, 0.25) is 19.6 Å². The minimum atomic E-state index is -1.70. The van der Waals surface area contributed by atoms with Crippen molar-refractivity contribution in [1.82, 2.24) is 0 Å². The van der Waals surface area contributed by atoms with E-state index in [4.69, 9.17) is 4.43 Å². The summed E-state index contributed by atoms with van der Waals surface area (Å²) < 4.78 is 6.13. The summed E-state index contributed by atoms with van der Waals surface area (Å²) in [4.78, 5) is 0. The molecule has 0 heterocycles. The second kappa shape index (κ2) is 7.55. The maximum Gasteiger partial charge on any atom is 0.244 e. The standard InChI is InChI=1S/C17H26N2OSi/c1-21(2,3)20-17(15-11-7-6-8-12-15)19-18-16-13-9-4-5-10-14-16/h6-8,11-12H,4-5,9-10,13-14H2,1-3H3/b19-17-. The molecule has 21 heavy (non-hydrogen) atoms. The molecule has 0 radical (unpaired) electrons. The van der Waals surface area contributed by atoms with Gasteiger partial charge in [-0.2, -0.15) is 5.10 Å². The van der Waals surface area contributed by atoms with Crippen molar-refractivity contribution < 1.29 is 4.43 Å². The minimum Gasteiger partial charge on any atom is -0.530 e. The van der Waals surface area contributed by atoms with Gasteiger partial charge in [-0.25, -0.2) is 0 Å². The van der Waals surface area contributed by atoms with Crippen LogP contribution >= 0.6 is 0 Å². The molecule has 0 aromatic heterocycles. The molecule has 0 spiro atoms. The second-order valence-corrected chi connectivity index (χ2v) is 11.0. The molecular weight excluding hydrogens is 276 g/mol. The van der Waals surface area contributed by atoms with Gasteiger partial charge >= 0.3 is 0 Å². The lowest BCUT2D eigenvalue weighted by atomic mass is 10.2. The summed E-state index contributed by atoms with van der Waals surface area (Å²) in [5.41, 5.74) is 2.23. The van der Waals surface area contributed by atoms with E-state index in [-0.39, 0.29) is 0 Å². The van der Waals surface area contributed by atoms with Crippen LogP contribution < -0.4 is 0 Å². The van der Waals surface area contributed by atoms with Crippen molar-refractivity contribution in [3.63, 3.8) is 0 Å². The number of hydrogen-bond donors (Lipinski definition) is 0. The van der Waals surface area contributed by atoms with Gasteiger partial charge in [-0.1, -0.05) is 31.0 Å². The van der Waals surface area contributed by atoms with E-state index in [0.29, 0.717) is 5.90 Å². The summed E-state index contributed by atoms with van der Waals surface area (Å²) in [5, 5.41) is 8.97. The van der Waals surface area contributed by atoms with Crippen LogP contribution in [0.4, 0.5) is 0 Å². The highest BCUT2D eigenvalue weighted by molar-refractivity contribution is 6.71. The molecule has 0 atom stereocenters. The molecule has 1 aromatic carbocycles. The first-order valence-corrected chi connectivity index (χ1v) is 11.3. The van der Waals surface area contributed by atoms with Crippen molar-refractivity contribution in [3.8, 4) is 0 Å². The summed E-state index contributed by atoms with van der Waals surface area (Å²) in [6, 6.07) is 10.1. The predicted molar refractivity (Wildman–Crippen MR) is 92.5 cm³/mol. The molecule has 1 fully saturated rings. The fourth-order valence-corrected chi connectivity index (χ4v) is 3.10. The Balaban J connectivity index is 2.22. The number of nitrogens with zero attached hydrogens (tertiary/aromatic N) is 2. The van der Waals surface area contributed by atoms with E-state index >= 15 is 0 Å². The zero-order chi connectivity index (χ0) is 15.1. The van der Waals surface area contributed by atoms with Gasteiger partial charge in [-0.15, -0.1) is 5.10 Å². The summed E-state index contributed by atoms with van der Waals surface area (Å²) in [5.74, 6) is 0.673. The molecule has 114 valence electrons. The van der Waals surface area contributed by atoms with Crippen molar-refractivity contribution in [2.24, 2.45) is 10.2 Å². The predicted octanol–water partition coefficient (Wildman–Crippen LogP) is 4.99. The molecule has 1 saturated carbocycles. The lowest BCUT2D eigenvalue weighted by Gasteiger charge is -2.20. The number of hydrogen-bond acceptors (Lipinski definition) is 3. The fraction of sp³-hybridized carbons (Fsp3) is 0.529. The van der Waals surface area contributed by atoms with Crippen LogP contribution in [0.3, 0.4) is 0 Å². The van der Waals surface area contributed by atoms with Crippen molar-refractivity contribution in [3.05, 3.63) is 35.9 Å². The van der Waals surface area contributed by atoms with Crippen LogP contribution in [0.25, 0.3) is 0 Å². The van der Waals surface area contributed by atoms with Crippen molar-refractivity contribution in [1.29, 1.82) is 0 Å². The SMILES string of the molecule is C[Si](C)(C)O/C(=N\N=C1CCCCCC1)c1ccccc1. The Kier molecular flexibility index (Phi) is 5.73. The molecule has 1 aromatic rings. The van der Waals surface area contributed by atoms with Crippen molar-refractivity contribution in [2.45, 2.75) is 58.2 Å². The van der Waals surface area contributed by atoms with E-state index in [1.165, 1.54) is 31.4 Å². The molecule has 4 heteroatoms. The van der Waals surface area contributed by atoms with Crippen molar-refractivity contribution >= 4 is 19.9 Å². The fourth-order valence-electron chi connectivity index (χ4n) is 2.36. The van der Waals surface area contributed by atoms with Gasteiger partial charge in [-0.3, -0.25) is 0 Å². The minimum absolute atomic E-state index is 0.673. The second-order valence-electron chi connectivity index (χ2n) is 6.57. The molecule has 2 rings (SSSR count). The molecule has 1 aliphatic carbocycles. The van der Waals surface area contributed by atoms with Crippen molar-refractivity contribution in [2.75, 3.05) is 0 Å². The summed E-state index contributed by atoms with van der Waals surface area (Å²) in [7, 11) is -1.70. The Morgan fingerprint density at radius 3 is 2.14 bits per heavy atom. The van der Waals surface area contributed by atoms with E-state index < -0.39 is 8.32 Å². The van der Waals surface area contributed by atoms with E-state index in [1.807, 2.05) is 30.3 Å². The van der Waals surface area contributed by atoms with Crippen LogP contribution in [0.15, 0.2) is 40.5 Å². The molecule has 0 unspecified atom stereocenters. The topological polar surface area (TPSA) is 34.0 Å². The highest BCUT2D eigenvalue weighted by Crippen LogP contribution is 2.16. The van der Waals surface area contributed by atoms with Gasteiger partial charge < -0.3 is 4.43 Å². The van der Waals surface area contributed by atoms with Gasteiger partial charge in [0.15, 0.2) is 0 Å². The van der Waals surface area contributed by atoms with E-state index in [0.717, 1.165) is 18.4 Å². The molecule has 3 nitrogen and oxygen atoms in total. The Morgan fingerprint density at radius 2 is 1.57 bits per heavy atom. The maximum atomic E-state index is 6.13. The summed E-state index contributed by atoms with van der Waals surface area (Å²) in [6.45, 7) is 6.51. The first-order chi connectivity index (χ1) is 10.0. The molecule has 0 saturated heterocycles. The smallest absolute Gasteiger partial charge is 0.244 e. The van der Waals surface area contributed by atoms with Gasteiger partial charge in [0.05, 0.1) is 0 Å². The van der Waals surface area contributed by atoms with Gasteiger partial charge in [0.1, 0.15) is 0 Å². The molecular formula is C17H26N2OSi. The summed E-state index contributed by atoms with van der Waals surface area (Å²) in [6.07, 6.45) is 7.28. The average Bonchev–Trinajstić information content (AvgIpc) is 2.72.